The van der Waals surface area contributed by atoms with Gasteiger partial charge in [-0.1, -0.05) is 15.9 Å². The van der Waals surface area contributed by atoms with E-state index in [2.05, 4.69) is 26.2 Å². The number of nitrogens with one attached hydrogen (secondary N) is 1. The van der Waals surface area contributed by atoms with Crippen molar-refractivity contribution in [1.82, 2.24) is 10.2 Å². The van der Waals surface area contributed by atoms with Crippen LogP contribution in [0.2, 0.25) is 0 Å². The average Bonchev–Trinajstić information content (AvgIpc) is 2.84. The normalized spacial score (nSPS) is 18.6. The van der Waals surface area contributed by atoms with Crippen molar-refractivity contribution < 1.29 is 9.50 Å². The highest BCUT2D eigenvalue weighted by molar-refractivity contribution is 14.0. The molecular formula is C14H20BrFIN3O. The van der Waals surface area contributed by atoms with Gasteiger partial charge in [0, 0.05) is 29.7 Å². The van der Waals surface area contributed by atoms with Crippen LogP contribution in [-0.2, 0) is 6.54 Å². The number of β-amino-alcohol motifs (C(OH)–C–C–N with tert-alkyl or cyclic N) is 1. The zero-order valence-corrected chi connectivity index (χ0v) is 15.8. The number of halogens is 3. The Hall–Kier alpha value is -0.410. The second kappa shape index (κ2) is 8.89. The maximum atomic E-state index is 13.7. The quantitative estimate of drug-likeness (QED) is 0.405. The van der Waals surface area contributed by atoms with Gasteiger partial charge in [-0.15, -0.1) is 24.0 Å². The highest BCUT2D eigenvalue weighted by atomic mass is 127. The topological polar surface area (TPSA) is 47.9 Å². The van der Waals surface area contributed by atoms with Gasteiger partial charge in [0.2, 0.25) is 0 Å². The molecule has 7 heteroatoms. The molecule has 21 heavy (non-hydrogen) atoms. The van der Waals surface area contributed by atoms with Crippen molar-refractivity contribution in [2.45, 2.75) is 26.0 Å². The molecule has 1 aromatic carbocycles. The fourth-order valence-electron chi connectivity index (χ4n) is 2.18. The Balaban J connectivity index is 0.00000220. The summed E-state index contributed by atoms with van der Waals surface area (Å²) in [5, 5.41) is 12.8. The Kier molecular flexibility index (Phi) is 7.89. The lowest BCUT2D eigenvalue weighted by molar-refractivity contribution is 0.188. The minimum atomic E-state index is -0.304. The summed E-state index contributed by atoms with van der Waals surface area (Å²) in [7, 11) is 0. The van der Waals surface area contributed by atoms with Crippen molar-refractivity contribution in [1.29, 1.82) is 0 Å². The summed E-state index contributed by atoms with van der Waals surface area (Å²) in [5.74, 6) is 0.470. The molecule has 0 spiro atoms. The molecule has 1 aliphatic heterocycles. The molecule has 0 bridgehead atoms. The summed E-state index contributed by atoms with van der Waals surface area (Å²) in [6.07, 6.45) is 0.441. The summed E-state index contributed by atoms with van der Waals surface area (Å²) in [5.41, 5.74) is 0.550. The van der Waals surface area contributed by atoms with E-state index in [4.69, 9.17) is 0 Å². The summed E-state index contributed by atoms with van der Waals surface area (Å²) >= 11 is 3.33. The summed E-state index contributed by atoms with van der Waals surface area (Å²) in [4.78, 5) is 6.47. The van der Waals surface area contributed by atoms with Crippen LogP contribution in [0.3, 0.4) is 0 Å². The van der Waals surface area contributed by atoms with Crippen molar-refractivity contribution in [2.75, 3.05) is 19.6 Å². The molecule has 1 atom stereocenters. The number of guanidine groups is 1. The second-order valence-corrected chi connectivity index (χ2v) is 5.71. The van der Waals surface area contributed by atoms with Gasteiger partial charge in [0.05, 0.1) is 12.6 Å². The van der Waals surface area contributed by atoms with Crippen LogP contribution in [0.4, 0.5) is 4.39 Å². The van der Waals surface area contributed by atoms with Crippen LogP contribution in [0.5, 0.6) is 0 Å². The first kappa shape index (κ1) is 18.6. The monoisotopic (exact) mass is 471 g/mol. The van der Waals surface area contributed by atoms with E-state index in [0.717, 1.165) is 29.9 Å². The third-order valence-electron chi connectivity index (χ3n) is 3.20. The van der Waals surface area contributed by atoms with Crippen LogP contribution in [0.25, 0.3) is 0 Å². The zero-order valence-electron chi connectivity index (χ0n) is 11.9. The third-order valence-corrected chi connectivity index (χ3v) is 3.70. The van der Waals surface area contributed by atoms with Gasteiger partial charge < -0.3 is 15.3 Å². The highest BCUT2D eigenvalue weighted by Crippen LogP contribution is 2.17. The molecule has 0 saturated carbocycles. The van der Waals surface area contributed by atoms with Gasteiger partial charge in [-0.25, -0.2) is 9.38 Å². The number of aliphatic hydroxyl groups excluding tert-OH is 1. The predicted molar refractivity (Wildman–Crippen MR) is 96.5 cm³/mol. The molecule has 2 N–H and O–H groups in total. The van der Waals surface area contributed by atoms with Crippen LogP contribution in [-0.4, -0.2) is 41.7 Å². The molecule has 1 fully saturated rings. The lowest BCUT2D eigenvalue weighted by Crippen LogP contribution is -2.40. The van der Waals surface area contributed by atoms with E-state index in [0.29, 0.717) is 12.1 Å². The van der Waals surface area contributed by atoms with Gasteiger partial charge in [0.15, 0.2) is 5.96 Å². The number of nitrogens with zero attached hydrogens (tertiary/aromatic N) is 2. The molecule has 1 aliphatic rings. The number of rotatable bonds is 3. The smallest absolute Gasteiger partial charge is 0.194 e. The lowest BCUT2D eigenvalue weighted by Gasteiger charge is -2.21. The van der Waals surface area contributed by atoms with Crippen LogP contribution in [0.1, 0.15) is 18.9 Å². The van der Waals surface area contributed by atoms with Gasteiger partial charge in [0.25, 0.3) is 0 Å². The third kappa shape index (κ3) is 5.37. The average molecular weight is 472 g/mol. The van der Waals surface area contributed by atoms with Gasteiger partial charge in [-0.2, -0.15) is 0 Å². The predicted octanol–water partition coefficient (Wildman–Crippen LogP) is 2.74. The lowest BCUT2D eigenvalue weighted by atomic mass is 10.2. The molecule has 1 heterocycles. The van der Waals surface area contributed by atoms with E-state index < -0.39 is 0 Å². The van der Waals surface area contributed by atoms with Crippen LogP contribution >= 0.6 is 39.9 Å². The molecule has 0 unspecified atom stereocenters. The Morgan fingerprint density at radius 2 is 2.33 bits per heavy atom. The van der Waals surface area contributed by atoms with Crippen molar-refractivity contribution >= 4 is 45.9 Å². The maximum Gasteiger partial charge on any atom is 0.194 e. The van der Waals surface area contributed by atoms with Crippen LogP contribution in [0, 0.1) is 5.82 Å². The molecular weight excluding hydrogens is 452 g/mol. The fourth-order valence-corrected chi connectivity index (χ4v) is 2.59. The maximum absolute atomic E-state index is 13.7. The number of hydrogen-bond acceptors (Lipinski definition) is 2. The Morgan fingerprint density at radius 1 is 1.57 bits per heavy atom. The molecule has 1 saturated heterocycles. The van der Waals surface area contributed by atoms with E-state index in [1.54, 1.807) is 12.1 Å². The van der Waals surface area contributed by atoms with Crippen molar-refractivity contribution in [3.63, 3.8) is 0 Å². The van der Waals surface area contributed by atoms with E-state index in [-0.39, 0.29) is 42.4 Å². The number of likely N-dealkylation sites (tertiary alicyclic amines) is 1. The first-order chi connectivity index (χ1) is 9.60. The number of hydrogen-bond donors (Lipinski definition) is 2. The molecule has 4 nitrogen and oxygen atoms in total. The molecule has 0 radical (unpaired) electrons. The van der Waals surface area contributed by atoms with Gasteiger partial charge in [-0.05, 0) is 31.5 Å². The minimum absolute atomic E-state index is 0. The second-order valence-electron chi connectivity index (χ2n) is 4.79. The zero-order chi connectivity index (χ0) is 14.5. The van der Waals surface area contributed by atoms with Crippen molar-refractivity contribution in [3.05, 3.63) is 34.1 Å². The van der Waals surface area contributed by atoms with Crippen LogP contribution in [0.15, 0.2) is 27.7 Å². The Morgan fingerprint density at radius 3 is 2.95 bits per heavy atom. The molecule has 118 valence electrons. The number of aliphatic imine (C=N–C) groups is 1. The molecule has 1 aromatic rings. The summed E-state index contributed by atoms with van der Waals surface area (Å²) in [6.45, 7) is 4.36. The molecule has 0 amide bonds. The van der Waals surface area contributed by atoms with Crippen molar-refractivity contribution in [2.24, 2.45) is 4.99 Å². The SMILES string of the molecule is CCNC(=NCc1cc(Br)ccc1F)N1CC[C@@H](O)C1.I. The standard InChI is InChI=1S/C14H19BrFN3O.HI/c1-2-17-14(19-6-5-12(20)9-19)18-8-10-7-11(15)3-4-13(10)16;/h3-4,7,12,20H,2,5-6,8-9H2,1H3,(H,17,18);1H/t12-;/m1./s1. The summed E-state index contributed by atoms with van der Waals surface area (Å²) < 4.78 is 14.5. The molecule has 0 aromatic heterocycles. The van der Waals surface area contributed by atoms with Gasteiger partial charge >= 0.3 is 0 Å². The first-order valence-corrected chi connectivity index (χ1v) is 7.54. The number of aliphatic hydroxyl groups is 1. The largest absolute Gasteiger partial charge is 0.391 e. The van der Waals surface area contributed by atoms with Crippen LogP contribution < -0.4 is 5.32 Å². The van der Waals surface area contributed by atoms with E-state index in [9.17, 15) is 9.50 Å². The number of benzene rings is 1. The Labute approximate surface area is 150 Å². The van der Waals surface area contributed by atoms with E-state index in [1.807, 2.05) is 11.8 Å². The van der Waals surface area contributed by atoms with Crippen molar-refractivity contribution in [3.8, 4) is 0 Å². The molecule has 2 rings (SSSR count). The van der Waals surface area contributed by atoms with E-state index in [1.165, 1.54) is 6.07 Å². The van der Waals surface area contributed by atoms with Gasteiger partial charge in [-0.3, -0.25) is 0 Å². The first-order valence-electron chi connectivity index (χ1n) is 6.75. The summed E-state index contributed by atoms with van der Waals surface area (Å²) in [6, 6.07) is 4.84. The Bertz CT molecular complexity index is 501. The fraction of sp³-hybridized carbons (Fsp3) is 0.500. The molecule has 0 aliphatic carbocycles. The van der Waals surface area contributed by atoms with E-state index >= 15 is 0 Å². The highest BCUT2D eigenvalue weighted by Gasteiger charge is 2.22. The minimum Gasteiger partial charge on any atom is -0.391 e. The van der Waals surface area contributed by atoms with Gasteiger partial charge in [0.1, 0.15) is 5.82 Å².